The third kappa shape index (κ3) is 8.06. The second kappa shape index (κ2) is 9.90. The first kappa shape index (κ1) is 17.1. The molecule has 7 nitrogen and oxygen atoms in total. The summed E-state index contributed by atoms with van der Waals surface area (Å²) >= 11 is 0. The summed E-state index contributed by atoms with van der Waals surface area (Å²) in [5.41, 5.74) is 5.67. The zero-order chi connectivity index (χ0) is 15.5. The first-order valence-electron chi connectivity index (χ1n) is 7.34. The van der Waals surface area contributed by atoms with Crippen molar-refractivity contribution in [1.82, 2.24) is 4.90 Å². The summed E-state index contributed by atoms with van der Waals surface area (Å²) in [4.78, 5) is 23.0. The molecule has 0 fully saturated rings. The number of carbonyl (C=O) groups is 2. The second-order valence-electron chi connectivity index (χ2n) is 5.18. The van der Waals surface area contributed by atoms with Gasteiger partial charge >= 0.3 is 6.40 Å². The summed E-state index contributed by atoms with van der Waals surface area (Å²) in [6, 6.07) is 0. The van der Waals surface area contributed by atoms with Crippen LogP contribution in [0.1, 0.15) is 32.1 Å². The van der Waals surface area contributed by atoms with Gasteiger partial charge in [0.25, 0.3) is 0 Å². The number of hydrogen-bond donors (Lipinski definition) is 2. The summed E-state index contributed by atoms with van der Waals surface area (Å²) in [5, 5.41) is 7.90. The Kier molecular flexibility index (Phi) is 8.08. The number of primary amides is 1. The predicted octanol–water partition coefficient (Wildman–Crippen LogP) is -0.0286. The quantitative estimate of drug-likeness (QED) is 0.318. The largest absolute Gasteiger partial charge is 0.450 e. The summed E-state index contributed by atoms with van der Waals surface area (Å²) in [6.07, 6.45) is 5.84. The SMILES string of the molecule is N=C(CCC[N+]1=COCCC1)CCN(C=O)CCC(N)=O. The van der Waals surface area contributed by atoms with Gasteiger partial charge in [0.15, 0.2) is 0 Å². The van der Waals surface area contributed by atoms with Gasteiger partial charge < -0.3 is 20.8 Å². The van der Waals surface area contributed by atoms with Gasteiger partial charge in [0, 0.05) is 44.5 Å². The third-order valence-corrected chi connectivity index (χ3v) is 3.35. The van der Waals surface area contributed by atoms with Crippen LogP contribution in [0, 0.1) is 5.41 Å². The Morgan fingerprint density at radius 2 is 2.14 bits per heavy atom. The van der Waals surface area contributed by atoms with Crippen molar-refractivity contribution in [2.45, 2.75) is 32.1 Å². The van der Waals surface area contributed by atoms with Crippen LogP contribution < -0.4 is 5.73 Å². The van der Waals surface area contributed by atoms with Crippen LogP contribution in [0.25, 0.3) is 0 Å². The van der Waals surface area contributed by atoms with E-state index in [-0.39, 0.29) is 6.42 Å². The number of amides is 2. The molecule has 2 amide bonds. The van der Waals surface area contributed by atoms with Gasteiger partial charge in [0.2, 0.25) is 12.3 Å². The molecule has 7 heteroatoms. The van der Waals surface area contributed by atoms with Gasteiger partial charge in [0.1, 0.15) is 13.1 Å². The van der Waals surface area contributed by atoms with E-state index in [0.717, 1.165) is 32.5 Å². The number of ether oxygens (including phenoxy) is 1. The minimum atomic E-state index is -0.420. The Morgan fingerprint density at radius 1 is 1.38 bits per heavy atom. The number of hydrogen-bond acceptors (Lipinski definition) is 4. The lowest BCUT2D eigenvalue weighted by Crippen LogP contribution is -2.29. The average molecular weight is 297 g/mol. The zero-order valence-electron chi connectivity index (χ0n) is 12.4. The lowest BCUT2D eigenvalue weighted by atomic mass is 10.1. The van der Waals surface area contributed by atoms with Crippen molar-refractivity contribution >= 4 is 24.4 Å². The van der Waals surface area contributed by atoms with Crippen LogP contribution in [0.5, 0.6) is 0 Å². The van der Waals surface area contributed by atoms with E-state index >= 15 is 0 Å². The highest BCUT2D eigenvalue weighted by molar-refractivity contribution is 5.81. The van der Waals surface area contributed by atoms with Crippen molar-refractivity contribution < 1.29 is 18.9 Å². The van der Waals surface area contributed by atoms with E-state index in [1.54, 1.807) is 6.40 Å². The molecular weight excluding hydrogens is 272 g/mol. The highest BCUT2D eigenvalue weighted by Crippen LogP contribution is 2.01. The maximum Gasteiger partial charge on any atom is 0.323 e. The fraction of sp³-hybridized carbons (Fsp3) is 0.714. The fourth-order valence-corrected chi connectivity index (χ4v) is 2.10. The molecule has 0 spiro atoms. The van der Waals surface area contributed by atoms with Gasteiger partial charge in [0.05, 0.1) is 6.61 Å². The van der Waals surface area contributed by atoms with E-state index in [9.17, 15) is 9.59 Å². The van der Waals surface area contributed by atoms with Gasteiger partial charge in [-0.3, -0.25) is 9.59 Å². The van der Waals surface area contributed by atoms with Gasteiger partial charge in [-0.05, 0) is 6.42 Å². The minimum absolute atomic E-state index is 0.164. The Labute approximate surface area is 125 Å². The Hall–Kier alpha value is -1.92. The molecule has 0 aromatic heterocycles. The van der Waals surface area contributed by atoms with Gasteiger partial charge in [-0.2, -0.15) is 0 Å². The fourth-order valence-electron chi connectivity index (χ4n) is 2.10. The van der Waals surface area contributed by atoms with Crippen molar-refractivity contribution in [1.29, 1.82) is 5.41 Å². The van der Waals surface area contributed by atoms with E-state index in [4.69, 9.17) is 15.9 Å². The summed E-state index contributed by atoms with van der Waals surface area (Å²) < 4.78 is 7.37. The number of nitrogens with one attached hydrogen (secondary N) is 1. The van der Waals surface area contributed by atoms with Gasteiger partial charge in [-0.1, -0.05) is 0 Å². The normalized spacial score (nSPS) is 14.0. The molecular formula is C14H25N4O3+. The van der Waals surface area contributed by atoms with E-state index in [0.29, 0.717) is 38.1 Å². The molecule has 0 aromatic carbocycles. The number of nitrogens with two attached hydrogens (primary N) is 1. The zero-order valence-corrected chi connectivity index (χ0v) is 12.4. The van der Waals surface area contributed by atoms with Crippen molar-refractivity contribution in [3.8, 4) is 0 Å². The lowest BCUT2D eigenvalue weighted by Gasteiger charge is -2.16. The smallest absolute Gasteiger partial charge is 0.323 e. The Bertz CT molecular complexity index is 396. The molecule has 0 saturated carbocycles. The first-order chi connectivity index (χ1) is 10.1. The van der Waals surface area contributed by atoms with Crippen molar-refractivity contribution in [2.24, 2.45) is 5.73 Å². The maximum atomic E-state index is 10.8. The molecule has 118 valence electrons. The van der Waals surface area contributed by atoms with Crippen molar-refractivity contribution in [2.75, 3.05) is 32.8 Å². The van der Waals surface area contributed by atoms with E-state index in [1.165, 1.54) is 4.90 Å². The van der Waals surface area contributed by atoms with E-state index in [1.807, 2.05) is 0 Å². The first-order valence-corrected chi connectivity index (χ1v) is 7.34. The van der Waals surface area contributed by atoms with Crippen LogP contribution in [0.2, 0.25) is 0 Å². The molecule has 3 N–H and O–H groups in total. The summed E-state index contributed by atoms with van der Waals surface area (Å²) in [6.45, 7) is 3.49. The Morgan fingerprint density at radius 3 is 2.76 bits per heavy atom. The molecule has 0 aliphatic carbocycles. The van der Waals surface area contributed by atoms with E-state index < -0.39 is 5.91 Å². The molecule has 0 saturated heterocycles. The average Bonchev–Trinajstić information content (AvgIpc) is 2.48. The van der Waals surface area contributed by atoms with Crippen molar-refractivity contribution in [3.63, 3.8) is 0 Å². The van der Waals surface area contributed by atoms with E-state index in [2.05, 4.69) is 4.58 Å². The maximum absolute atomic E-state index is 10.8. The third-order valence-electron chi connectivity index (χ3n) is 3.35. The van der Waals surface area contributed by atoms with Crippen LogP contribution >= 0.6 is 0 Å². The molecule has 1 aliphatic heterocycles. The van der Waals surface area contributed by atoms with Crippen LogP contribution in [0.15, 0.2) is 0 Å². The number of nitrogens with zero attached hydrogens (tertiary/aromatic N) is 2. The minimum Gasteiger partial charge on any atom is -0.450 e. The predicted molar refractivity (Wildman–Crippen MR) is 79.7 cm³/mol. The molecule has 0 bridgehead atoms. The van der Waals surface area contributed by atoms with Crippen LogP contribution in [-0.2, 0) is 14.3 Å². The Balaban J connectivity index is 2.13. The highest BCUT2D eigenvalue weighted by Gasteiger charge is 2.11. The van der Waals surface area contributed by atoms with Crippen LogP contribution in [-0.4, -0.2) is 66.7 Å². The number of rotatable bonds is 11. The second-order valence-corrected chi connectivity index (χ2v) is 5.18. The topological polar surface area (TPSA) is 99.5 Å². The molecule has 0 radical (unpaired) electrons. The van der Waals surface area contributed by atoms with Gasteiger partial charge in [-0.15, -0.1) is 0 Å². The molecule has 1 heterocycles. The highest BCUT2D eigenvalue weighted by atomic mass is 16.5. The molecule has 0 unspecified atom stereocenters. The number of carbonyl (C=O) groups excluding carboxylic acids is 2. The molecule has 1 aliphatic rings. The molecule has 21 heavy (non-hydrogen) atoms. The summed E-state index contributed by atoms with van der Waals surface area (Å²) in [7, 11) is 0. The molecule has 0 atom stereocenters. The monoisotopic (exact) mass is 297 g/mol. The molecule has 1 rings (SSSR count). The van der Waals surface area contributed by atoms with Crippen LogP contribution in [0.3, 0.4) is 0 Å². The summed E-state index contributed by atoms with van der Waals surface area (Å²) in [5.74, 6) is -0.420. The standard InChI is InChI=1S/C14H24N4O3/c15-13(3-1-6-18-7-2-10-21-12-18)4-8-17(11-19)9-5-14(16)20/h11-12,15H,1-10H2,(H-,16,20)/p+1. The van der Waals surface area contributed by atoms with Crippen molar-refractivity contribution in [3.05, 3.63) is 0 Å². The lowest BCUT2D eigenvalue weighted by molar-refractivity contribution is -0.538. The molecule has 0 aromatic rings. The van der Waals surface area contributed by atoms with Crippen LogP contribution in [0.4, 0.5) is 0 Å². The van der Waals surface area contributed by atoms with Gasteiger partial charge in [-0.25, -0.2) is 4.58 Å².